The number of anilines is 1. The van der Waals surface area contributed by atoms with Crippen LogP contribution in [-0.2, 0) is 13.0 Å². The van der Waals surface area contributed by atoms with Gasteiger partial charge in [-0.1, -0.05) is 29.8 Å². The molecule has 0 saturated carbocycles. The maximum absolute atomic E-state index is 13.0. The van der Waals surface area contributed by atoms with Crippen LogP contribution in [0.5, 0.6) is 0 Å². The van der Waals surface area contributed by atoms with Gasteiger partial charge in [-0.2, -0.15) is 4.52 Å². The number of hydrogen-bond donors (Lipinski definition) is 2. The summed E-state index contributed by atoms with van der Waals surface area (Å²) >= 11 is 0. The molecule has 0 atom stereocenters. The third kappa shape index (κ3) is 4.60. The standard InChI is InChI=1S/C22H21FN6O/c1-15-2-6-17(7-3-15)22(30)24-13-12-21-27-26-20-11-10-19(28-29(20)21)25-14-16-4-8-18(23)9-5-16/h2-11H,12-14H2,1H3,(H,24,30)(H,25,28). The molecule has 0 saturated heterocycles. The zero-order valence-corrected chi connectivity index (χ0v) is 16.5. The molecule has 0 bridgehead atoms. The SMILES string of the molecule is Cc1ccc(C(=O)NCCc2nnc3ccc(NCc4ccc(F)cc4)nn23)cc1. The van der Waals surface area contributed by atoms with E-state index in [-0.39, 0.29) is 11.7 Å². The van der Waals surface area contributed by atoms with Gasteiger partial charge >= 0.3 is 0 Å². The van der Waals surface area contributed by atoms with Gasteiger partial charge < -0.3 is 10.6 Å². The molecule has 1 amide bonds. The number of carbonyl (C=O) groups is 1. The van der Waals surface area contributed by atoms with Crippen LogP contribution in [0.15, 0.2) is 60.7 Å². The molecule has 8 heteroatoms. The molecular formula is C22H21FN6O. The molecule has 7 nitrogen and oxygen atoms in total. The number of nitrogens with zero attached hydrogens (tertiary/aromatic N) is 4. The van der Waals surface area contributed by atoms with Crippen molar-refractivity contribution in [2.75, 3.05) is 11.9 Å². The molecular weight excluding hydrogens is 383 g/mol. The van der Waals surface area contributed by atoms with Crippen LogP contribution in [-0.4, -0.2) is 32.3 Å². The number of fused-ring (bicyclic) bond motifs is 1. The quantitative estimate of drug-likeness (QED) is 0.494. The van der Waals surface area contributed by atoms with E-state index in [1.807, 2.05) is 31.2 Å². The van der Waals surface area contributed by atoms with E-state index in [2.05, 4.69) is 25.9 Å². The topological polar surface area (TPSA) is 84.2 Å². The van der Waals surface area contributed by atoms with Crippen molar-refractivity contribution in [2.24, 2.45) is 0 Å². The maximum Gasteiger partial charge on any atom is 0.251 e. The number of nitrogens with one attached hydrogen (secondary N) is 2. The number of hydrogen-bond acceptors (Lipinski definition) is 5. The molecule has 0 aliphatic carbocycles. The van der Waals surface area contributed by atoms with E-state index in [1.54, 1.807) is 28.8 Å². The number of rotatable bonds is 7. The van der Waals surface area contributed by atoms with Crippen LogP contribution in [0.1, 0.15) is 27.3 Å². The Labute approximate surface area is 173 Å². The second-order valence-corrected chi connectivity index (χ2v) is 6.96. The first-order valence-corrected chi connectivity index (χ1v) is 9.63. The molecule has 152 valence electrons. The van der Waals surface area contributed by atoms with E-state index < -0.39 is 0 Å². The number of aryl methyl sites for hydroxylation is 1. The molecule has 0 unspecified atom stereocenters. The van der Waals surface area contributed by atoms with Gasteiger partial charge in [0.2, 0.25) is 0 Å². The van der Waals surface area contributed by atoms with Crippen molar-refractivity contribution in [1.29, 1.82) is 0 Å². The molecule has 0 fully saturated rings. The number of benzene rings is 2. The minimum Gasteiger partial charge on any atom is -0.365 e. The monoisotopic (exact) mass is 404 g/mol. The van der Waals surface area contributed by atoms with E-state index in [0.29, 0.717) is 42.4 Å². The normalized spacial score (nSPS) is 10.9. The van der Waals surface area contributed by atoms with E-state index >= 15 is 0 Å². The summed E-state index contributed by atoms with van der Waals surface area (Å²) < 4.78 is 14.7. The van der Waals surface area contributed by atoms with Gasteiger partial charge in [-0.05, 0) is 48.9 Å². The molecule has 2 aromatic heterocycles. The molecule has 0 radical (unpaired) electrons. The largest absolute Gasteiger partial charge is 0.365 e. The smallest absolute Gasteiger partial charge is 0.251 e. The molecule has 4 aromatic rings. The third-order valence-electron chi connectivity index (χ3n) is 4.66. The van der Waals surface area contributed by atoms with Crippen molar-refractivity contribution in [3.8, 4) is 0 Å². The second-order valence-electron chi connectivity index (χ2n) is 6.96. The summed E-state index contributed by atoms with van der Waals surface area (Å²) in [4.78, 5) is 12.2. The number of aromatic nitrogens is 4. The lowest BCUT2D eigenvalue weighted by Gasteiger charge is -2.07. The Balaban J connectivity index is 1.38. The van der Waals surface area contributed by atoms with Crippen LogP contribution in [0, 0.1) is 12.7 Å². The molecule has 0 spiro atoms. The molecule has 0 aliphatic heterocycles. The highest BCUT2D eigenvalue weighted by Gasteiger charge is 2.10. The van der Waals surface area contributed by atoms with Gasteiger partial charge in [-0.25, -0.2) is 4.39 Å². The molecule has 4 rings (SSSR count). The van der Waals surface area contributed by atoms with E-state index in [4.69, 9.17) is 0 Å². The fourth-order valence-corrected chi connectivity index (χ4v) is 2.97. The van der Waals surface area contributed by atoms with E-state index in [9.17, 15) is 9.18 Å². The van der Waals surface area contributed by atoms with Crippen molar-refractivity contribution in [1.82, 2.24) is 25.1 Å². The van der Waals surface area contributed by atoms with E-state index in [0.717, 1.165) is 11.1 Å². The highest BCUT2D eigenvalue weighted by molar-refractivity contribution is 5.94. The lowest BCUT2D eigenvalue weighted by Crippen LogP contribution is -2.26. The summed E-state index contributed by atoms with van der Waals surface area (Å²) in [6.45, 7) is 2.92. The maximum atomic E-state index is 13.0. The van der Waals surface area contributed by atoms with Crippen molar-refractivity contribution in [3.63, 3.8) is 0 Å². The van der Waals surface area contributed by atoms with Crippen LogP contribution in [0.3, 0.4) is 0 Å². The van der Waals surface area contributed by atoms with Crippen molar-refractivity contribution in [2.45, 2.75) is 19.9 Å². The van der Waals surface area contributed by atoms with Gasteiger partial charge in [0.25, 0.3) is 5.91 Å². The summed E-state index contributed by atoms with van der Waals surface area (Å²) in [5.41, 5.74) is 3.30. The highest BCUT2D eigenvalue weighted by Crippen LogP contribution is 2.10. The van der Waals surface area contributed by atoms with Gasteiger partial charge in [-0.3, -0.25) is 4.79 Å². The molecule has 2 aromatic carbocycles. The first-order valence-electron chi connectivity index (χ1n) is 9.63. The first kappa shape index (κ1) is 19.5. The minimum atomic E-state index is -0.262. The predicted molar refractivity (Wildman–Crippen MR) is 112 cm³/mol. The average molecular weight is 404 g/mol. The summed E-state index contributed by atoms with van der Waals surface area (Å²) in [6, 6.07) is 17.4. The Hall–Kier alpha value is -3.81. The molecule has 2 heterocycles. The van der Waals surface area contributed by atoms with Crippen molar-refractivity contribution < 1.29 is 9.18 Å². The van der Waals surface area contributed by atoms with Crippen LogP contribution in [0.4, 0.5) is 10.2 Å². The van der Waals surface area contributed by atoms with Gasteiger partial charge in [0.15, 0.2) is 11.5 Å². The van der Waals surface area contributed by atoms with Crippen LogP contribution in [0.25, 0.3) is 5.65 Å². The number of carbonyl (C=O) groups excluding carboxylic acids is 1. The predicted octanol–water partition coefficient (Wildman–Crippen LogP) is 3.16. The number of amides is 1. The average Bonchev–Trinajstić information content (AvgIpc) is 3.16. The summed E-state index contributed by atoms with van der Waals surface area (Å²) in [7, 11) is 0. The zero-order chi connectivity index (χ0) is 20.9. The van der Waals surface area contributed by atoms with Gasteiger partial charge in [0.1, 0.15) is 11.6 Å². The minimum absolute atomic E-state index is 0.126. The van der Waals surface area contributed by atoms with Gasteiger partial charge in [0, 0.05) is 25.1 Å². The lowest BCUT2D eigenvalue weighted by molar-refractivity contribution is 0.0954. The third-order valence-corrected chi connectivity index (χ3v) is 4.66. The van der Waals surface area contributed by atoms with Crippen LogP contribution in [0.2, 0.25) is 0 Å². The Morgan fingerprint density at radius 2 is 1.77 bits per heavy atom. The summed E-state index contributed by atoms with van der Waals surface area (Å²) in [6.07, 6.45) is 0.493. The van der Waals surface area contributed by atoms with Gasteiger partial charge in [-0.15, -0.1) is 15.3 Å². The van der Waals surface area contributed by atoms with Crippen molar-refractivity contribution >= 4 is 17.4 Å². The lowest BCUT2D eigenvalue weighted by atomic mass is 10.1. The van der Waals surface area contributed by atoms with Crippen LogP contribution >= 0.6 is 0 Å². The Morgan fingerprint density at radius 3 is 2.53 bits per heavy atom. The second kappa shape index (κ2) is 8.69. The first-order chi connectivity index (χ1) is 14.6. The van der Waals surface area contributed by atoms with E-state index in [1.165, 1.54) is 12.1 Å². The fourth-order valence-electron chi connectivity index (χ4n) is 2.97. The molecule has 30 heavy (non-hydrogen) atoms. The summed E-state index contributed by atoms with van der Waals surface area (Å²) in [5.74, 6) is 0.913. The molecule has 2 N–H and O–H groups in total. The van der Waals surface area contributed by atoms with Crippen molar-refractivity contribution in [3.05, 3.63) is 89.0 Å². The molecule has 0 aliphatic rings. The Bertz CT molecular complexity index is 1150. The highest BCUT2D eigenvalue weighted by atomic mass is 19.1. The summed E-state index contributed by atoms with van der Waals surface area (Å²) in [5, 5.41) is 18.9. The fraction of sp³-hybridized carbons (Fsp3) is 0.182. The van der Waals surface area contributed by atoms with Crippen LogP contribution < -0.4 is 10.6 Å². The van der Waals surface area contributed by atoms with Gasteiger partial charge in [0.05, 0.1) is 0 Å². The number of halogens is 1. The zero-order valence-electron chi connectivity index (χ0n) is 16.5. The Morgan fingerprint density at radius 1 is 1.00 bits per heavy atom. The Kier molecular flexibility index (Phi) is 5.65.